The average Bonchev–Trinajstić information content (AvgIpc) is 2.34. The molecule has 0 aromatic carbocycles. The fraction of sp³-hybridized carbons (Fsp3) is 0.765. The summed E-state index contributed by atoms with van der Waals surface area (Å²) in [6, 6.07) is 0. The minimum absolute atomic E-state index is 0.0584. The maximum absolute atomic E-state index is 12.5. The Morgan fingerprint density at radius 3 is 2.63 bits per heavy atom. The molecule has 2 heteroatoms. The number of fused-ring (bicyclic) bond motifs is 3. The lowest BCUT2D eigenvalue weighted by Crippen LogP contribution is -2.51. The number of allylic oxidation sites excluding steroid dienone is 1. The second-order valence-corrected chi connectivity index (χ2v) is 7.47. The van der Waals surface area contributed by atoms with Gasteiger partial charge in [0.2, 0.25) is 0 Å². The molecule has 0 aliphatic heterocycles. The Hall–Kier alpha value is -0.920. The van der Waals surface area contributed by atoms with E-state index in [9.17, 15) is 9.59 Å². The fourth-order valence-corrected chi connectivity index (χ4v) is 4.93. The van der Waals surface area contributed by atoms with Crippen LogP contribution in [0.2, 0.25) is 0 Å². The highest BCUT2D eigenvalue weighted by Gasteiger charge is 2.53. The molecule has 2 nitrogen and oxygen atoms in total. The number of carbonyl (C=O) groups excluding carboxylic acids is 2. The first-order valence-electron chi connectivity index (χ1n) is 7.66. The molecule has 0 aromatic heterocycles. The van der Waals surface area contributed by atoms with Gasteiger partial charge in [0.05, 0.1) is 5.92 Å². The van der Waals surface area contributed by atoms with Crippen LogP contribution in [-0.2, 0) is 9.59 Å². The van der Waals surface area contributed by atoms with E-state index in [0.717, 1.165) is 12.8 Å². The van der Waals surface area contributed by atoms with Crippen LogP contribution in [0.3, 0.4) is 0 Å². The first-order valence-corrected chi connectivity index (χ1v) is 7.66. The zero-order valence-electron chi connectivity index (χ0n) is 12.1. The Kier molecular flexibility index (Phi) is 2.95. The second-order valence-electron chi connectivity index (χ2n) is 7.47. The first kappa shape index (κ1) is 13.1. The highest BCUT2D eigenvalue weighted by Crippen LogP contribution is 2.55. The van der Waals surface area contributed by atoms with Crippen molar-refractivity contribution < 1.29 is 9.59 Å². The van der Waals surface area contributed by atoms with Gasteiger partial charge in [-0.15, -0.1) is 0 Å². The molecular weight excluding hydrogens is 236 g/mol. The standard InChI is InChI=1S/C17H24O2/c1-10-6-7-12-11-5-4-8-17(2,3)13(11)9-14(18)15(12)16(10)19/h11-13,15H,1,4-9H2,2-3H3. The van der Waals surface area contributed by atoms with Gasteiger partial charge in [0.15, 0.2) is 5.78 Å². The third-order valence-electron chi connectivity index (χ3n) is 6.04. The first-order chi connectivity index (χ1) is 8.92. The Morgan fingerprint density at radius 2 is 1.89 bits per heavy atom. The smallest absolute Gasteiger partial charge is 0.168 e. The van der Waals surface area contributed by atoms with E-state index in [1.54, 1.807) is 0 Å². The summed E-state index contributed by atoms with van der Waals surface area (Å²) in [5.74, 6) is 1.31. The van der Waals surface area contributed by atoms with E-state index in [1.165, 1.54) is 19.3 Å². The molecule has 0 saturated heterocycles. The zero-order chi connectivity index (χ0) is 13.8. The number of carbonyl (C=O) groups is 2. The van der Waals surface area contributed by atoms with E-state index < -0.39 is 0 Å². The highest BCUT2D eigenvalue weighted by atomic mass is 16.2. The van der Waals surface area contributed by atoms with Crippen LogP contribution in [0.5, 0.6) is 0 Å². The van der Waals surface area contributed by atoms with Gasteiger partial charge in [-0.1, -0.05) is 26.8 Å². The Morgan fingerprint density at radius 1 is 1.16 bits per heavy atom. The van der Waals surface area contributed by atoms with Crippen molar-refractivity contribution in [3.8, 4) is 0 Å². The van der Waals surface area contributed by atoms with E-state index in [2.05, 4.69) is 20.4 Å². The van der Waals surface area contributed by atoms with E-state index in [1.807, 2.05) is 0 Å². The van der Waals surface area contributed by atoms with Gasteiger partial charge < -0.3 is 0 Å². The molecule has 0 radical (unpaired) electrons. The molecule has 4 unspecified atom stereocenters. The summed E-state index contributed by atoms with van der Waals surface area (Å²) in [5, 5.41) is 0. The van der Waals surface area contributed by atoms with Crippen LogP contribution in [-0.4, -0.2) is 11.6 Å². The van der Waals surface area contributed by atoms with Crippen molar-refractivity contribution in [2.45, 2.75) is 52.4 Å². The molecule has 4 atom stereocenters. The predicted octanol–water partition coefficient (Wildman–Crippen LogP) is 3.55. The van der Waals surface area contributed by atoms with Crippen molar-refractivity contribution in [3.63, 3.8) is 0 Å². The van der Waals surface area contributed by atoms with Crippen LogP contribution >= 0.6 is 0 Å². The summed E-state index contributed by atoms with van der Waals surface area (Å²) < 4.78 is 0. The van der Waals surface area contributed by atoms with Crippen LogP contribution in [0.1, 0.15) is 52.4 Å². The monoisotopic (exact) mass is 260 g/mol. The molecule has 3 rings (SSSR count). The van der Waals surface area contributed by atoms with Gasteiger partial charge in [0, 0.05) is 6.42 Å². The molecule has 3 aliphatic rings. The van der Waals surface area contributed by atoms with Crippen molar-refractivity contribution in [2.24, 2.45) is 29.1 Å². The molecule has 0 bridgehead atoms. The van der Waals surface area contributed by atoms with E-state index in [4.69, 9.17) is 0 Å². The zero-order valence-corrected chi connectivity index (χ0v) is 12.1. The van der Waals surface area contributed by atoms with Crippen molar-refractivity contribution in [1.82, 2.24) is 0 Å². The fourth-order valence-electron chi connectivity index (χ4n) is 4.93. The van der Waals surface area contributed by atoms with Gasteiger partial charge in [-0.2, -0.15) is 0 Å². The topological polar surface area (TPSA) is 34.1 Å². The number of ketones is 2. The van der Waals surface area contributed by atoms with Crippen LogP contribution in [0, 0.1) is 29.1 Å². The molecule has 0 heterocycles. The Bertz CT molecular complexity index is 446. The number of Topliss-reactive ketones (excluding diaryl/α,β-unsaturated/α-hetero) is 2. The minimum Gasteiger partial charge on any atom is -0.299 e. The lowest BCUT2D eigenvalue weighted by molar-refractivity contribution is -0.146. The summed E-state index contributed by atoms with van der Waals surface area (Å²) in [4.78, 5) is 24.8. The van der Waals surface area contributed by atoms with Crippen LogP contribution in [0.15, 0.2) is 12.2 Å². The van der Waals surface area contributed by atoms with Gasteiger partial charge in [0.25, 0.3) is 0 Å². The maximum Gasteiger partial charge on any atom is 0.168 e. The normalized spacial score (nSPS) is 41.7. The number of hydrogen-bond acceptors (Lipinski definition) is 2. The van der Waals surface area contributed by atoms with Crippen LogP contribution in [0.25, 0.3) is 0 Å². The summed E-state index contributed by atoms with van der Waals surface area (Å²) in [7, 11) is 0. The molecule has 0 spiro atoms. The predicted molar refractivity (Wildman–Crippen MR) is 74.6 cm³/mol. The minimum atomic E-state index is -0.337. The third kappa shape index (κ3) is 1.91. The van der Waals surface area contributed by atoms with E-state index >= 15 is 0 Å². The lowest BCUT2D eigenvalue weighted by Gasteiger charge is -2.52. The Labute approximate surface area is 115 Å². The molecular formula is C17H24O2. The molecule has 3 saturated carbocycles. The van der Waals surface area contributed by atoms with Crippen LogP contribution < -0.4 is 0 Å². The second kappa shape index (κ2) is 4.29. The molecule has 104 valence electrons. The van der Waals surface area contributed by atoms with Crippen molar-refractivity contribution in [1.29, 1.82) is 0 Å². The maximum atomic E-state index is 12.5. The van der Waals surface area contributed by atoms with E-state index in [0.29, 0.717) is 29.7 Å². The summed E-state index contributed by atoms with van der Waals surface area (Å²) >= 11 is 0. The van der Waals surface area contributed by atoms with E-state index in [-0.39, 0.29) is 22.9 Å². The summed E-state index contributed by atoms with van der Waals surface area (Å²) in [5.41, 5.74) is 0.948. The van der Waals surface area contributed by atoms with Gasteiger partial charge in [-0.05, 0) is 54.4 Å². The average molecular weight is 260 g/mol. The van der Waals surface area contributed by atoms with Crippen molar-refractivity contribution >= 4 is 11.6 Å². The molecule has 19 heavy (non-hydrogen) atoms. The lowest BCUT2D eigenvalue weighted by atomic mass is 9.51. The molecule has 0 aromatic rings. The van der Waals surface area contributed by atoms with Gasteiger partial charge in [0.1, 0.15) is 5.78 Å². The largest absolute Gasteiger partial charge is 0.299 e. The number of rotatable bonds is 0. The molecule has 3 fully saturated rings. The molecule has 0 amide bonds. The van der Waals surface area contributed by atoms with Crippen molar-refractivity contribution in [3.05, 3.63) is 12.2 Å². The van der Waals surface area contributed by atoms with Gasteiger partial charge >= 0.3 is 0 Å². The Balaban J connectivity index is 1.94. The third-order valence-corrected chi connectivity index (χ3v) is 6.04. The van der Waals surface area contributed by atoms with Gasteiger partial charge in [-0.25, -0.2) is 0 Å². The molecule has 3 aliphatic carbocycles. The SMILES string of the molecule is C=C1CCC2C(C(=O)CC3C2CCCC3(C)C)C1=O. The summed E-state index contributed by atoms with van der Waals surface area (Å²) in [6.45, 7) is 8.46. The quantitative estimate of drug-likeness (QED) is 0.493. The van der Waals surface area contributed by atoms with Crippen molar-refractivity contribution in [2.75, 3.05) is 0 Å². The van der Waals surface area contributed by atoms with Gasteiger partial charge in [-0.3, -0.25) is 9.59 Å². The molecule has 0 N–H and O–H groups in total. The van der Waals surface area contributed by atoms with Crippen LogP contribution in [0.4, 0.5) is 0 Å². The highest BCUT2D eigenvalue weighted by molar-refractivity contribution is 6.11. The summed E-state index contributed by atoms with van der Waals surface area (Å²) in [6.07, 6.45) is 6.11. The number of hydrogen-bond donors (Lipinski definition) is 0.